The first kappa shape index (κ1) is 16.2. The van der Waals surface area contributed by atoms with E-state index < -0.39 is 11.5 Å². The molecule has 0 saturated heterocycles. The highest BCUT2D eigenvalue weighted by Crippen LogP contribution is 2.28. The smallest absolute Gasteiger partial charge is 0.331 e. The number of aliphatic carboxylic acids is 1. The number of hydrogen-bond donors (Lipinski definition) is 2. The molecule has 1 amide bonds. The number of carboxylic acids is 1. The molecule has 3 aromatic rings. The fourth-order valence-electron chi connectivity index (χ4n) is 2.30. The number of amides is 1. The van der Waals surface area contributed by atoms with Gasteiger partial charge in [-0.25, -0.2) is 4.79 Å². The highest BCUT2D eigenvalue weighted by molar-refractivity contribution is 7.20. The molecule has 3 rings (SSSR count). The minimum Gasteiger partial charge on any atom is -0.479 e. The van der Waals surface area contributed by atoms with E-state index in [2.05, 4.69) is 15.5 Å². The van der Waals surface area contributed by atoms with Gasteiger partial charge in [-0.05, 0) is 26.8 Å². The van der Waals surface area contributed by atoms with E-state index in [4.69, 9.17) is 0 Å². The third-order valence-electron chi connectivity index (χ3n) is 3.86. The molecular formula is C15H17N5O3S. The normalized spacial score (nSPS) is 11.8. The summed E-state index contributed by atoms with van der Waals surface area (Å²) < 4.78 is 3.06. The van der Waals surface area contributed by atoms with Crippen molar-refractivity contribution in [3.63, 3.8) is 0 Å². The molecule has 0 saturated carbocycles. The Morgan fingerprint density at radius 1 is 1.38 bits per heavy atom. The van der Waals surface area contributed by atoms with Crippen molar-refractivity contribution < 1.29 is 14.7 Å². The zero-order valence-electron chi connectivity index (χ0n) is 13.7. The van der Waals surface area contributed by atoms with E-state index in [0.29, 0.717) is 10.6 Å². The first-order valence-corrected chi connectivity index (χ1v) is 8.05. The Morgan fingerprint density at radius 3 is 2.71 bits per heavy atom. The van der Waals surface area contributed by atoms with Gasteiger partial charge in [0.05, 0.1) is 22.5 Å². The molecule has 3 aromatic heterocycles. The lowest BCUT2D eigenvalue weighted by molar-refractivity contribution is -0.146. The summed E-state index contributed by atoms with van der Waals surface area (Å²) in [6, 6.07) is 1.81. The summed E-state index contributed by atoms with van der Waals surface area (Å²) >= 11 is 1.36. The predicted molar refractivity (Wildman–Crippen MR) is 90.5 cm³/mol. The predicted octanol–water partition coefficient (Wildman–Crippen LogP) is 2.21. The molecule has 9 heteroatoms. The number of aromatic nitrogens is 4. The average molecular weight is 347 g/mol. The Labute approximate surface area is 141 Å². The molecule has 0 aliphatic rings. The highest BCUT2D eigenvalue weighted by Gasteiger charge is 2.30. The molecule has 3 heterocycles. The second-order valence-electron chi connectivity index (χ2n) is 6.03. The van der Waals surface area contributed by atoms with E-state index in [1.807, 2.05) is 20.0 Å². The summed E-state index contributed by atoms with van der Waals surface area (Å²) in [4.78, 5) is 25.2. The molecule has 0 aliphatic carbocycles. The number of anilines is 1. The molecule has 24 heavy (non-hydrogen) atoms. The van der Waals surface area contributed by atoms with Crippen LogP contribution in [0.25, 0.3) is 10.2 Å². The van der Waals surface area contributed by atoms with Crippen LogP contribution >= 0.6 is 11.3 Å². The average Bonchev–Trinajstić information content (AvgIpc) is 3.18. The molecule has 0 bridgehead atoms. The second-order valence-corrected chi connectivity index (χ2v) is 7.06. The van der Waals surface area contributed by atoms with Crippen molar-refractivity contribution in [3.05, 3.63) is 29.0 Å². The highest BCUT2D eigenvalue weighted by atomic mass is 32.1. The van der Waals surface area contributed by atoms with E-state index >= 15 is 0 Å². The molecule has 0 aromatic carbocycles. The Kier molecular flexibility index (Phi) is 3.67. The Bertz CT molecular complexity index is 915. The summed E-state index contributed by atoms with van der Waals surface area (Å²) in [6.07, 6.45) is 2.94. The number of carboxylic acid groups (broad SMARTS) is 1. The van der Waals surface area contributed by atoms with Crippen LogP contribution in [-0.2, 0) is 17.4 Å². The van der Waals surface area contributed by atoms with E-state index in [-0.39, 0.29) is 5.91 Å². The van der Waals surface area contributed by atoms with Crippen LogP contribution < -0.4 is 5.32 Å². The van der Waals surface area contributed by atoms with Gasteiger partial charge in [-0.1, -0.05) is 0 Å². The molecule has 0 fully saturated rings. The van der Waals surface area contributed by atoms with Gasteiger partial charge in [-0.2, -0.15) is 10.2 Å². The quantitative estimate of drug-likeness (QED) is 0.753. The number of rotatable bonds is 4. The first-order chi connectivity index (χ1) is 11.2. The van der Waals surface area contributed by atoms with Gasteiger partial charge in [0.15, 0.2) is 5.54 Å². The van der Waals surface area contributed by atoms with Gasteiger partial charge < -0.3 is 10.4 Å². The number of nitrogens with zero attached hydrogens (tertiary/aromatic N) is 4. The second kappa shape index (κ2) is 5.45. The maximum Gasteiger partial charge on any atom is 0.331 e. The van der Waals surface area contributed by atoms with E-state index in [1.54, 1.807) is 4.68 Å². The molecular weight excluding hydrogens is 330 g/mol. The molecule has 0 spiro atoms. The summed E-state index contributed by atoms with van der Waals surface area (Å²) in [5.41, 5.74) is 0.129. The summed E-state index contributed by atoms with van der Waals surface area (Å²) in [5, 5.41) is 21.3. The van der Waals surface area contributed by atoms with Gasteiger partial charge in [0.1, 0.15) is 4.83 Å². The number of carbonyl (C=O) groups excluding carboxylic acids is 1. The number of thiophene rings is 1. The molecule has 2 N–H and O–H groups in total. The molecule has 0 atom stereocenters. The molecule has 0 radical (unpaired) electrons. The molecule has 126 valence electrons. The zero-order valence-corrected chi connectivity index (χ0v) is 14.5. The lowest BCUT2D eigenvalue weighted by atomic mass is 10.1. The third-order valence-corrected chi connectivity index (χ3v) is 5.06. The van der Waals surface area contributed by atoms with Crippen molar-refractivity contribution in [2.24, 2.45) is 7.05 Å². The van der Waals surface area contributed by atoms with Crippen LogP contribution in [0.15, 0.2) is 18.5 Å². The molecule has 0 aliphatic heterocycles. The summed E-state index contributed by atoms with van der Waals surface area (Å²) in [6.45, 7) is 4.97. The van der Waals surface area contributed by atoms with Gasteiger partial charge in [0.2, 0.25) is 0 Å². The fraction of sp³-hybridized carbons (Fsp3) is 0.333. The van der Waals surface area contributed by atoms with Crippen LogP contribution in [0.2, 0.25) is 0 Å². The number of aryl methyl sites for hydroxylation is 2. The Morgan fingerprint density at radius 2 is 2.08 bits per heavy atom. The molecule has 0 unspecified atom stereocenters. The van der Waals surface area contributed by atoms with Gasteiger partial charge in [-0.3, -0.25) is 14.2 Å². The van der Waals surface area contributed by atoms with E-state index in [1.165, 1.54) is 42.3 Å². The van der Waals surface area contributed by atoms with Crippen molar-refractivity contribution >= 4 is 39.1 Å². The van der Waals surface area contributed by atoms with Gasteiger partial charge in [-0.15, -0.1) is 11.3 Å². The number of carbonyl (C=O) groups is 2. The van der Waals surface area contributed by atoms with Crippen molar-refractivity contribution in [2.75, 3.05) is 5.32 Å². The minimum absolute atomic E-state index is 0.261. The van der Waals surface area contributed by atoms with Crippen molar-refractivity contribution in [1.82, 2.24) is 19.6 Å². The lowest BCUT2D eigenvalue weighted by Crippen LogP contribution is -2.35. The monoisotopic (exact) mass is 347 g/mol. The van der Waals surface area contributed by atoms with Crippen LogP contribution in [-0.4, -0.2) is 36.5 Å². The van der Waals surface area contributed by atoms with Gasteiger partial charge in [0, 0.05) is 18.6 Å². The Hall–Kier alpha value is -2.68. The Balaban J connectivity index is 1.83. The third kappa shape index (κ3) is 2.56. The van der Waals surface area contributed by atoms with Gasteiger partial charge >= 0.3 is 5.97 Å². The van der Waals surface area contributed by atoms with Crippen molar-refractivity contribution in [1.29, 1.82) is 0 Å². The molecule has 8 nitrogen and oxygen atoms in total. The van der Waals surface area contributed by atoms with Crippen LogP contribution in [0.5, 0.6) is 0 Å². The van der Waals surface area contributed by atoms with Crippen molar-refractivity contribution in [3.8, 4) is 0 Å². The maximum absolute atomic E-state index is 12.4. The lowest BCUT2D eigenvalue weighted by Gasteiger charge is -2.19. The van der Waals surface area contributed by atoms with Crippen LogP contribution in [0.1, 0.15) is 29.2 Å². The van der Waals surface area contributed by atoms with Crippen LogP contribution in [0.3, 0.4) is 0 Å². The van der Waals surface area contributed by atoms with Gasteiger partial charge in [0.25, 0.3) is 5.91 Å². The topological polar surface area (TPSA) is 102 Å². The van der Waals surface area contributed by atoms with E-state index in [0.717, 1.165) is 15.9 Å². The summed E-state index contributed by atoms with van der Waals surface area (Å²) in [7, 11) is 1.84. The number of fused-ring (bicyclic) bond motifs is 1. The number of hydrogen-bond acceptors (Lipinski definition) is 5. The minimum atomic E-state index is -1.19. The SMILES string of the molecule is Cc1nn(C)c2sc(C(=O)Nc3cnn(C(C)(C)C(=O)O)c3)cc12. The number of nitrogens with one attached hydrogen (secondary N) is 1. The summed E-state index contributed by atoms with van der Waals surface area (Å²) in [5.74, 6) is -1.26. The fourth-order valence-corrected chi connectivity index (χ4v) is 3.32. The van der Waals surface area contributed by atoms with E-state index in [9.17, 15) is 14.7 Å². The standard InChI is InChI=1S/C15H17N5O3S/c1-8-10-5-11(24-13(10)19(4)18-8)12(21)17-9-6-16-20(7-9)15(2,3)14(22)23/h5-7H,1-4H3,(H,17,21)(H,22,23). The largest absolute Gasteiger partial charge is 0.479 e. The van der Waals surface area contributed by atoms with Crippen LogP contribution in [0.4, 0.5) is 5.69 Å². The van der Waals surface area contributed by atoms with Crippen molar-refractivity contribution in [2.45, 2.75) is 26.3 Å². The van der Waals surface area contributed by atoms with Crippen LogP contribution in [0, 0.1) is 6.92 Å². The zero-order chi connectivity index (χ0) is 17.6. The maximum atomic E-state index is 12.4. The first-order valence-electron chi connectivity index (χ1n) is 7.23.